The summed E-state index contributed by atoms with van der Waals surface area (Å²) in [5.41, 5.74) is 1.28. The van der Waals surface area contributed by atoms with E-state index in [9.17, 15) is 9.59 Å². The first-order valence-electron chi connectivity index (χ1n) is 9.64. The van der Waals surface area contributed by atoms with Crippen molar-refractivity contribution in [1.29, 1.82) is 0 Å². The fraction of sp³-hybridized carbons (Fsp3) is 0.800. The van der Waals surface area contributed by atoms with E-state index in [1.807, 2.05) is 0 Å². The van der Waals surface area contributed by atoms with Gasteiger partial charge in [-0.1, -0.05) is 25.5 Å². The molecule has 3 unspecified atom stereocenters. The highest BCUT2D eigenvalue weighted by Crippen LogP contribution is 2.39. The standard InChI is InChI=1S/C20H34N2O3/c1-13(2)18-10-16(11-19(23)21-7-8-25-4)14(3)9-17(18)12-22-20(24)15-5-6-15/h9,13,15-18H,5-8,10-12H2,1-4H3,(H,21,23)(H,22,24). The van der Waals surface area contributed by atoms with Crippen molar-refractivity contribution in [3.8, 4) is 0 Å². The average molecular weight is 351 g/mol. The van der Waals surface area contributed by atoms with Crippen LogP contribution >= 0.6 is 0 Å². The lowest BCUT2D eigenvalue weighted by Gasteiger charge is -2.37. The van der Waals surface area contributed by atoms with E-state index in [0.29, 0.717) is 43.2 Å². The van der Waals surface area contributed by atoms with Gasteiger partial charge < -0.3 is 15.4 Å². The maximum Gasteiger partial charge on any atom is 0.223 e. The zero-order valence-corrected chi connectivity index (χ0v) is 16.1. The topological polar surface area (TPSA) is 67.4 Å². The third-order valence-corrected chi connectivity index (χ3v) is 5.60. The summed E-state index contributed by atoms with van der Waals surface area (Å²) in [6.45, 7) is 8.44. The van der Waals surface area contributed by atoms with Crippen LogP contribution in [0.1, 0.15) is 46.5 Å². The first-order chi connectivity index (χ1) is 11.9. The van der Waals surface area contributed by atoms with Crippen LogP contribution in [-0.2, 0) is 14.3 Å². The van der Waals surface area contributed by atoms with Gasteiger partial charge >= 0.3 is 0 Å². The fourth-order valence-corrected chi connectivity index (χ4v) is 3.80. The largest absolute Gasteiger partial charge is 0.383 e. The maximum atomic E-state index is 12.1. The molecule has 0 aromatic heterocycles. The molecular formula is C20H34N2O3. The van der Waals surface area contributed by atoms with Gasteiger partial charge in [0.05, 0.1) is 6.61 Å². The van der Waals surface area contributed by atoms with E-state index < -0.39 is 0 Å². The number of amides is 2. The average Bonchev–Trinajstić information content (AvgIpc) is 3.39. The number of ether oxygens (including phenoxy) is 1. The Morgan fingerprint density at radius 3 is 2.60 bits per heavy atom. The van der Waals surface area contributed by atoms with Crippen LogP contribution in [0.2, 0.25) is 0 Å². The number of hydrogen-bond donors (Lipinski definition) is 2. The van der Waals surface area contributed by atoms with Gasteiger partial charge in [0.15, 0.2) is 0 Å². The molecule has 2 aliphatic rings. The summed E-state index contributed by atoms with van der Waals surface area (Å²) < 4.78 is 4.97. The molecule has 0 bridgehead atoms. The van der Waals surface area contributed by atoms with Crippen molar-refractivity contribution >= 4 is 11.8 Å². The van der Waals surface area contributed by atoms with Gasteiger partial charge in [-0.25, -0.2) is 0 Å². The van der Waals surface area contributed by atoms with Crippen LogP contribution in [0.4, 0.5) is 0 Å². The summed E-state index contributed by atoms with van der Waals surface area (Å²) in [5, 5.41) is 6.05. The number of methoxy groups -OCH3 is 1. The molecule has 5 nitrogen and oxygen atoms in total. The molecule has 0 saturated heterocycles. The molecule has 0 radical (unpaired) electrons. The highest BCUT2D eigenvalue weighted by molar-refractivity contribution is 5.80. The van der Waals surface area contributed by atoms with Gasteiger partial charge in [-0.15, -0.1) is 0 Å². The van der Waals surface area contributed by atoms with E-state index in [0.717, 1.165) is 25.8 Å². The Balaban J connectivity index is 1.91. The molecule has 3 atom stereocenters. The predicted octanol–water partition coefficient (Wildman–Crippen LogP) is 2.52. The van der Waals surface area contributed by atoms with Crippen LogP contribution in [0.15, 0.2) is 11.6 Å². The van der Waals surface area contributed by atoms with Gasteiger partial charge in [-0.05, 0) is 49.9 Å². The second kappa shape index (κ2) is 9.37. The smallest absolute Gasteiger partial charge is 0.223 e. The Morgan fingerprint density at radius 2 is 2.00 bits per heavy atom. The maximum absolute atomic E-state index is 12.1. The molecule has 2 amide bonds. The molecule has 0 heterocycles. The number of allylic oxidation sites excluding steroid dienone is 1. The highest BCUT2D eigenvalue weighted by atomic mass is 16.5. The first-order valence-corrected chi connectivity index (χ1v) is 9.64. The van der Waals surface area contributed by atoms with Crippen molar-refractivity contribution in [3.05, 3.63) is 11.6 Å². The Kier molecular flexibility index (Phi) is 7.48. The lowest BCUT2D eigenvalue weighted by molar-refractivity contribution is -0.122. The third-order valence-electron chi connectivity index (χ3n) is 5.60. The minimum Gasteiger partial charge on any atom is -0.383 e. The van der Waals surface area contributed by atoms with E-state index in [1.165, 1.54) is 5.57 Å². The van der Waals surface area contributed by atoms with Gasteiger partial charge in [-0.2, -0.15) is 0 Å². The Hall–Kier alpha value is -1.36. The van der Waals surface area contributed by atoms with Crippen LogP contribution in [0.3, 0.4) is 0 Å². The molecule has 142 valence electrons. The van der Waals surface area contributed by atoms with Crippen molar-refractivity contribution < 1.29 is 14.3 Å². The monoisotopic (exact) mass is 350 g/mol. The van der Waals surface area contributed by atoms with Gasteiger partial charge in [0.1, 0.15) is 0 Å². The van der Waals surface area contributed by atoms with Crippen LogP contribution in [0.25, 0.3) is 0 Å². The molecule has 0 aromatic carbocycles. The molecule has 25 heavy (non-hydrogen) atoms. The van der Waals surface area contributed by atoms with Crippen LogP contribution in [-0.4, -0.2) is 38.6 Å². The number of carbonyl (C=O) groups excluding carboxylic acids is 2. The molecular weight excluding hydrogens is 316 g/mol. The minimum atomic E-state index is 0.0952. The summed E-state index contributed by atoms with van der Waals surface area (Å²) >= 11 is 0. The van der Waals surface area contributed by atoms with Gasteiger partial charge in [0.25, 0.3) is 0 Å². The lowest BCUT2D eigenvalue weighted by Crippen LogP contribution is -2.38. The molecule has 0 aromatic rings. The Morgan fingerprint density at radius 1 is 1.28 bits per heavy atom. The molecule has 2 N–H and O–H groups in total. The molecule has 5 heteroatoms. The molecule has 2 rings (SSSR count). The minimum absolute atomic E-state index is 0.0952. The quantitative estimate of drug-likeness (QED) is 0.496. The van der Waals surface area contributed by atoms with E-state index in [2.05, 4.69) is 37.5 Å². The van der Waals surface area contributed by atoms with E-state index in [4.69, 9.17) is 4.74 Å². The number of hydrogen-bond acceptors (Lipinski definition) is 3. The van der Waals surface area contributed by atoms with Crippen molar-refractivity contribution in [2.75, 3.05) is 26.8 Å². The second-order valence-electron chi connectivity index (χ2n) is 7.98. The third kappa shape index (κ3) is 6.14. The molecule has 1 fully saturated rings. The summed E-state index contributed by atoms with van der Waals surface area (Å²) in [6.07, 6.45) is 5.94. The zero-order valence-electron chi connectivity index (χ0n) is 16.1. The van der Waals surface area contributed by atoms with Crippen LogP contribution in [0, 0.1) is 29.6 Å². The van der Waals surface area contributed by atoms with E-state index in [-0.39, 0.29) is 17.7 Å². The van der Waals surface area contributed by atoms with Gasteiger partial charge in [0, 0.05) is 32.5 Å². The molecule has 1 saturated carbocycles. The molecule has 0 spiro atoms. The summed E-state index contributed by atoms with van der Waals surface area (Å²) in [4.78, 5) is 24.1. The van der Waals surface area contributed by atoms with Crippen molar-refractivity contribution in [2.45, 2.75) is 46.5 Å². The number of rotatable bonds is 9. The zero-order chi connectivity index (χ0) is 18.4. The Bertz CT molecular complexity index is 497. The summed E-state index contributed by atoms with van der Waals surface area (Å²) in [7, 11) is 1.63. The van der Waals surface area contributed by atoms with Gasteiger partial charge in [0.2, 0.25) is 11.8 Å². The van der Waals surface area contributed by atoms with Crippen LogP contribution in [0.5, 0.6) is 0 Å². The fourth-order valence-electron chi connectivity index (χ4n) is 3.80. The normalized spacial score (nSPS) is 26.3. The van der Waals surface area contributed by atoms with Crippen LogP contribution < -0.4 is 10.6 Å². The highest BCUT2D eigenvalue weighted by Gasteiger charge is 2.34. The second-order valence-corrected chi connectivity index (χ2v) is 7.98. The lowest BCUT2D eigenvalue weighted by atomic mass is 9.69. The summed E-state index contributed by atoms with van der Waals surface area (Å²) in [6, 6.07) is 0. The van der Waals surface area contributed by atoms with Crippen molar-refractivity contribution in [2.24, 2.45) is 29.6 Å². The molecule has 0 aliphatic heterocycles. The SMILES string of the molecule is COCCNC(=O)CC1CC(C(C)C)C(CNC(=O)C2CC2)C=C1C. The van der Waals surface area contributed by atoms with Crippen molar-refractivity contribution in [3.63, 3.8) is 0 Å². The first kappa shape index (κ1) is 20.0. The van der Waals surface area contributed by atoms with E-state index in [1.54, 1.807) is 7.11 Å². The van der Waals surface area contributed by atoms with E-state index >= 15 is 0 Å². The van der Waals surface area contributed by atoms with Gasteiger partial charge in [-0.3, -0.25) is 9.59 Å². The number of nitrogens with one attached hydrogen (secondary N) is 2. The number of carbonyl (C=O) groups is 2. The predicted molar refractivity (Wildman–Crippen MR) is 98.9 cm³/mol. The summed E-state index contributed by atoms with van der Waals surface area (Å²) in [5.74, 6) is 2.27. The Labute approximate surface area is 152 Å². The van der Waals surface area contributed by atoms with Crippen molar-refractivity contribution in [1.82, 2.24) is 10.6 Å². The molecule has 2 aliphatic carbocycles.